The number of fused-ring (bicyclic) bond motifs is 2. The molecule has 6 heteroatoms. The summed E-state index contributed by atoms with van der Waals surface area (Å²) in [6.07, 6.45) is 5.04. The van der Waals surface area contributed by atoms with Gasteiger partial charge in [0.15, 0.2) is 0 Å². The van der Waals surface area contributed by atoms with Crippen LogP contribution in [0.15, 0.2) is 85.5 Å². The number of anilines is 1. The first kappa shape index (κ1) is 24.0. The van der Waals surface area contributed by atoms with Crippen molar-refractivity contribution in [3.8, 4) is 5.75 Å². The second-order valence-corrected chi connectivity index (χ2v) is 9.98. The molecule has 6 nitrogen and oxygen atoms in total. The highest BCUT2D eigenvalue weighted by atomic mass is 16.5. The summed E-state index contributed by atoms with van der Waals surface area (Å²) in [5, 5.41) is 1.02. The van der Waals surface area contributed by atoms with Gasteiger partial charge in [0.05, 0.1) is 17.6 Å². The van der Waals surface area contributed by atoms with E-state index < -0.39 is 0 Å². The molecule has 2 heterocycles. The Morgan fingerprint density at radius 1 is 1.13 bits per heavy atom. The number of aromatic nitrogens is 3. The van der Waals surface area contributed by atoms with Gasteiger partial charge in [-0.1, -0.05) is 36.4 Å². The predicted octanol–water partition coefficient (Wildman–Crippen LogP) is 6.75. The molecule has 1 N–H and O–H groups in total. The number of nitrogens with one attached hydrogen (secondary N) is 1. The number of hydrogen-bond acceptors (Lipinski definition) is 3. The molecule has 6 rings (SSSR count). The highest BCUT2D eigenvalue weighted by molar-refractivity contribution is 6.08. The van der Waals surface area contributed by atoms with Crippen molar-refractivity contribution in [1.29, 1.82) is 0 Å². The number of ether oxygens (including phenoxy) is 1. The minimum absolute atomic E-state index is 0.0903. The van der Waals surface area contributed by atoms with Gasteiger partial charge in [0.25, 0.3) is 5.91 Å². The van der Waals surface area contributed by atoms with E-state index in [0.29, 0.717) is 24.8 Å². The molecule has 1 fully saturated rings. The second kappa shape index (κ2) is 10.2. The van der Waals surface area contributed by atoms with E-state index in [4.69, 9.17) is 9.72 Å². The van der Waals surface area contributed by atoms with Gasteiger partial charge in [-0.2, -0.15) is 0 Å². The van der Waals surface area contributed by atoms with Gasteiger partial charge >= 0.3 is 0 Å². The SMILES string of the molecule is C=CCN(C(=O)c1cc2ccccc2[nH]1)c1ccc2c(c1)nc(Cc1ccc(OCC)cc1)n2CC1CC1. The fourth-order valence-corrected chi connectivity index (χ4v) is 5.05. The standard InChI is InChI=1S/C32H32N4O2/c1-3-17-35(32(37)29-19-24-7-5-6-8-27(24)33-29)25-13-16-30-28(20-25)34-31(36(30)21-23-9-10-23)18-22-11-14-26(15-12-22)38-4-2/h3,5-8,11-16,19-20,23,33H,1,4,9-10,17-18,21H2,2H3. The molecule has 0 atom stereocenters. The number of H-pyrrole nitrogens is 1. The molecule has 5 aromatic rings. The van der Waals surface area contributed by atoms with E-state index in [1.165, 1.54) is 18.4 Å². The first-order valence-electron chi connectivity index (χ1n) is 13.3. The van der Waals surface area contributed by atoms with Crippen molar-refractivity contribution in [2.75, 3.05) is 18.1 Å². The minimum Gasteiger partial charge on any atom is -0.494 e. The van der Waals surface area contributed by atoms with E-state index >= 15 is 0 Å². The summed E-state index contributed by atoms with van der Waals surface area (Å²) in [7, 11) is 0. The van der Waals surface area contributed by atoms with Crippen LogP contribution in [0, 0.1) is 5.92 Å². The number of para-hydroxylation sites is 1. The third-order valence-corrected chi connectivity index (χ3v) is 7.17. The van der Waals surface area contributed by atoms with Gasteiger partial charge in [0.2, 0.25) is 0 Å². The Balaban J connectivity index is 1.34. The van der Waals surface area contributed by atoms with Crippen molar-refractivity contribution in [2.24, 2.45) is 5.92 Å². The lowest BCUT2D eigenvalue weighted by Gasteiger charge is -2.21. The van der Waals surface area contributed by atoms with Crippen LogP contribution in [0.5, 0.6) is 5.75 Å². The Bertz CT molecular complexity index is 1580. The number of imidazole rings is 1. The van der Waals surface area contributed by atoms with Crippen molar-refractivity contribution in [1.82, 2.24) is 14.5 Å². The van der Waals surface area contributed by atoms with Crippen LogP contribution in [-0.4, -0.2) is 33.6 Å². The normalized spacial score (nSPS) is 13.2. The van der Waals surface area contributed by atoms with E-state index in [-0.39, 0.29) is 5.91 Å². The van der Waals surface area contributed by atoms with Crippen molar-refractivity contribution in [3.63, 3.8) is 0 Å². The van der Waals surface area contributed by atoms with Crippen molar-refractivity contribution in [3.05, 3.63) is 103 Å². The summed E-state index contributed by atoms with van der Waals surface area (Å²) in [5.74, 6) is 2.55. The lowest BCUT2D eigenvalue weighted by atomic mass is 10.1. The summed E-state index contributed by atoms with van der Waals surface area (Å²) in [4.78, 5) is 23.7. The summed E-state index contributed by atoms with van der Waals surface area (Å²) >= 11 is 0. The maximum atomic E-state index is 13.6. The fourth-order valence-electron chi connectivity index (χ4n) is 5.05. The zero-order chi connectivity index (χ0) is 26.1. The number of nitrogens with zero attached hydrogens (tertiary/aromatic N) is 3. The van der Waals surface area contributed by atoms with Crippen molar-refractivity contribution in [2.45, 2.75) is 32.7 Å². The van der Waals surface area contributed by atoms with E-state index in [9.17, 15) is 4.79 Å². The first-order chi connectivity index (χ1) is 18.6. The maximum absolute atomic E-state index is 13.6. The molecule has 0 unspecified atom stereocenters. The molecular formula is C32H32N4O2. The van der Waals surface area contributed by atoms with Crippen LogP contribution in [0.3, 0.4) is 0 Å². The number of carbonyl (C=O) groups is 1. The molecule has 0 radical (unpaired) electrons. The predicted molar refractivity (Wildman–Crippen MR) is 153 cm³/mol. The van der Waals surface area contributed by atoms with E-state index in [1.54, 1.807) is 11.0 Å². The first-order valence-corrected chi connectivity index (χ1v) is 13.3. The van der Waals surface area contributed by atoms with Gasteiger partial charge < -0.3 is 19.2 Å². The molecule has 0 aliphatic heterocycles. The van der Waals surface area contributed by atoms with Crippen LogP contribution >= 0.6 is 0 Å². The Kier molecular flexibility index (Phi) is 6.46. The quantitative estimate of drug-likeness (QED) is 0.214. The van der Waals surface area contributed by atoms with Crippen LogP contribution in [0.2, 0.25) is 0 Å². The molecule has 1 saturated carbocycles. The van der Waals surface area contributed by atoms with Gasteiger partial charge in [0.1, 0.15) is 17.3 Å². The zero-order valence-corrected chi connectivity index (χ0v) is 21.7. The number of aromatic amines is 1. The third kappa shape index (κ3) is 4.82. The molecule has 3 aromatic carbocycles. The largest absolute Gasteiger partial charge is 0.494 e. The molecule has 1 amide bonds. The summed E-state index contributed by atoms with van der Waals surface area (Å²) < 4.78 is 7.97. The number of carbonyl (C=O) groups excluding carboxylic acids is 1. The van der Waals surface area contributed by atoms with E-state index in [1.807, 2.05) is 61.5 Å². The highest BCUT2D eigenvalue weighted by Gasteiger charge is 2.25. The van der Waals surface area contributed by atoms with E-state index in [0.717, 1.165) is 52.2 Å². The van der Waals surface area contributed by atoms with Gasteiger partial charge in [-0.05, 0) is 73.7 Å². The van der Waals surface area contributed by atoms with Gasteiger partial charge in [-0.15, -0.1) is 6.58 Å². The summed E-state index contributed by atoms with van der Waals surface area (Å²) in [6.45, 7) is 7.93. The smallest absolute Gasteiger partial charge is 0.275 e. The van der Waals surface area contributed by atoms with Crippen LogP contribution < -0.4 is 9.64 Å². The highest BCUT2D eigenvalue weighted by Crippen LogP contribution is 2.34. The molecule has 0 spiro atoms. The third-order valence-electron chi connectivity index (χ3n) is 7.17. The van der Waals surface area contributed by atoms with E-state index in [2.05, 4.69) is 34.3 Å². The summed E-state index contributed by atoms with van der Waals surface area (Å²) in [6, 6.07) is 24.3. The number of benzene rings is 3. The number of amides is 1. The average Bonchev–Trinajstić information content (AvgIpc) is 3.55. The topological polar surface area (TPSA) is 63.1 Å². The Morgan fingerprint density at radius 3 is 2.68 bits per heavy atom. The molecule has 1 aliphatic rings. The van der Waals surface area contributed by atoms with Crippen LogP contribution in [0.25, 0.3) is 21.9 Å². The van der Waals surface area contributed by atoms with Gasteiger partial charge in [-0.25, -0.2) is 4.98 Å². The molecule has 192 valence electrons. The Hall–Kier alpha value is -4.32. The van der Waals surface area contributed by atoms with Gasteiger partial charge in [-0.3, -0.25) is 4.79 Å². The maximum Gasteiger partial charge on any atom is 0.275 e. The molecule has 2 aromatic heterocycles. The average molecular weight is 505 g/mol. The zero-order valence-electron chi connectivity index (χ0n) is 21.7. The van der Waals surface area contributed by atoms with Crippen LogP contribution in [0.4, 0.5) is 5.69 Å². The minimum atomic E-state index is -0.0903. The van der Waals surface area contributed by atoms with Gasteiger partial charge in [0, 0.05) is 36.1 Å². The monoisotopic (exact) mass is 504 g/mol. The Labute approximate surface area is 222 Å². The van der Waals surface area contributed by atoms with Crippen molar-refractivity contribution < 1.29 is 9.53 Å². The molecule has 1 aliphatic carbocycles. The Morgan fingerprint density at radius 2 is 1.95 bits per heavy atom. The lowest BCUT2D eigenvalue weighted by molar-refractivity contribution is 0.0986. The number of hydrogen-bond donors (Lipinski definition) is 1. The molecule has 0 bridgehead atoms. The second-order valence-electron chi connectivity index (χ2n) is 9.98. The van der Waals surface area contributed by atoms with Crippen molar-refractivity contribution >= 4 is 33.5 Å². The molecular weight excluding hydrogens is 472 g/mol. The number of rotatable bonds is 10. The molecule has 0 saturated heterocycles. The molecule has 38 heavy (non-hydrogen) atoms. The van der Waals surface area contributed by atoms with Crippen LogP contribution in [-0.2, 0) is 13.0 Å². The lowest BCUT2D eigenvalue weighted by Crippen LogP contribution is -2.31. The van der Waals surface area contributed by atoms with Crippen LogP contribution in [0.1, 0.15) is 41.6 Å². The summed E-state index contributed by atoms with van der Waals surface area (Å²) in [5.41, 5.74) is 5.53. The fraction of sp³-hybridized carbons (Fsp3) is 0.250.